The number of fused-ring (bicyclic) bond motifs is 1. The lowest BCUT2D eigenvalue weighted by Gasteiger charge is -2.01. The van der Waals surface area contributed by atoms with Crippen LogP contribution in [0, 0.1) is 6.92 Å². The van der Waals surface area contributed by atoms with Crippen molar-refractivity contribution in [2.24, 2.45) is 0 Å². The average Bonchev–Trinajstić information content (AvgIpc) is 3.19. The molecule has 2 aromatic carbocycles. The van der Waals surface area contributed by atoms with E-state index in [1.165, 1.54) is 11.3 Å². The molecule has 2 heterocycles. The maximum atomic E-state index is 12.4. The number of carbonyl (C=O) groups is 1. The predicted octanol–water partition coefficient (Wildman–Crippen LogP) is 5.43. The normalized spacial score (nSPS) is 11.0. The number of aromatic nitrogens is 2. The Balaban J connectivity index is 1.51. The minimum atomic E-state index is -0.0776. The molecule has 0 aliphatic carbocycles. The van der Waals surface area contributed by atoms with Crippen LogP contribution in [0.4, 0.5) is 5.13 Å². The average molecular weight is 382 g/mol. The first-order valence-electron chi connectivity index (χ1n) is 8.18. The first-order chi connectivity index (χ1) is 12.6. The van der Waals surface area contributed by atoms with Gasteiger partial charge in [-0.3, -0.25) is 4.79 Å². The molecule has 0 bridgehead atoms. The number of thiazole rings is 1. The van der Waals surface area contributed by atoms with Gasteiger partial charge >= 0.3 is 0 Å². The molecule has 0 aliphatic heterocycles. The Bertz CT molecular complexity index is 1080. The van der Waals surface area contributed by atoms with E-state index in [0.717, 1.165) is 32.6 Å². The molecule has 0 atom stereocenters. The summed E-state index contributed by atoms with van der Waals surface area (Å²) in [6.45, 7) is 2.00. The van der Waals surface area contributed by atoms with Gasteiger partial charge in [0.25, 0.3) is 0 Å². The molecule has 130 valence electrons. The Morgan fingerprint density at radius 2 is 1.96 bits per heavy atom. The summed E-state index contributed by atoms with van der Waals surface area (Å²) in [5.41, 5.74) is 3.86. The Morgan fingerprint density at radius 3 is 2.77 bits per heavy atom. The third-order valence-electron chi connectivity index (χ3n) is 4.19. The van der Waals surface area contributed by atoms with Crippen molar-refractivity contribution in [2.45, 2.75) is 13.3 Å². The molecule has 6 heteroatoms. The number of nitrogens with zero attached hydrogens (tertiary/aromatic N) is 1. The Labute approximate surface area is 159 Å². The van der Waals surface area contributed by atoms with Crippen LogP contribution in [-0.2, 0) is 11.2 Å². The number of aromatic amines is 1. The second kappa shape index (κ2) is 6.94. The Hall–Kier alpha value is -2.63. The number of nitrogens with one attached hydrogen (secondary N) is 2. The van der Waals surface area contributed by atoms with Gasteiger partial charge in [-0.05, 0) is 30.7 Å². The highest BCUT2D eigenvalue weighted by Gasteiger charge is 2.14. The highest BCUT2D eigenvalue weighted by Crippen LogP contribution is 2.31. The highest BCUT2D eigenvalue weighted by atomic mass is 35.5. The molecule has 26 heavy (non-hydrogen) atoms. The standard InChI is InChI=1S/C20H16ClN3OS/c1-12-19(13-6-8-15(21)9-7-13)24-20(26-12)23-18(25)10-14-11-22-17-5-3-2-4-16(14)17/h2-9,11,22H,10H2,1H3,(H,23,24,25). The van der Waals surface area contributed by atoms with Crippen molar-refractivity contribution in [1.29, 1.82) is 0 Å². The van der Waals surface area contributed by atoms with E-state index in [4.69, 9.17) is 11.6 Å². The number of amides is 1. The zero-order chi connectivity index (χ0) is 18.1. The zero-order valence-electron chi connectivity index (χ0n) is 14.0. The second-order valence-corrected chi connectivity index (χ2v) is 7.65. The summed E-state index contributed by atoms with van der Waals surface area (Å²) < 4.78 is 0. The summed E-state index contributed by atoms with van der Waals surface area (Å²) in [5, 5.41) is 5.28. The lowest BCUT2D eigenvalue weighted by molar-refractivity contribution is -0.115. The summed E-state index contributed by atoms with van der Waals surface area (Å²) in [6, 6.07) is 15.5. The van der Waals surface area contributed by atoms with Gasteiger partial charge in [-0.2, -0.15) is 0 Å². The van der Waals surface area contributed by atoms with Gasteiger partial charge in [0.1, 0.15) is 0 Å². The number of para-hydroxylation sites is 1. The molecule has 2 aromatic heterocycles. The van der Waals surface area contributed by atoms with Gasteiger partial charge in [0.15, 0.2) is 5.13 Å². The Morgan fingerprint density at radius 1 is 1.19 bits per heavy atom. The molecule has 0 radical (unpaired) electrons. The van der Waals surface area contributed by atoms with Crippen LogP contribution in [-0.4, -0.2) is 15.9 Å². The fourth-order valence-corrected chi connectivity index (χ4v) is 3.92. The fourth-order valence-electron chi connectivity index (χ4n) is 2.94. The van der Waals surface area contributed by atoms with Crippen molar-refractivity contribution in [3.63, 3.8) is 0 Å². The first kappa shape index (κ1) is 16.8. The van der Waals surface area contributed by atoms with Crippen LogP contribution in [0.15, 0.2) is 54.7 Å². The van der Waals surface area contributed by atoms with Crippen LogP contribution >= 0.6 is 22.9 Å². The number of halogens is 1. The summed E-state index contributed by atoms with van der Waals surface area (Å²) in [6.07, 6.45) is 2.19. The number of rotatable bonds is 4. The van der Waals surface area contributed by atoms with Crippen molar-refractivity contribution in [3.05, 3.63) is 70.2 Å². The van der Waals surface area contributed by atoms with E-state index in [-0.39, 0.29) is 5.91 Å². The summed E-state index contributed by atoms with van der Waals surface area (Å²) in [5.74, 6) is -0.0776. The van der Waals surface area contributed by atoms with Gasteiger partial charge in [0.05, 0.1) is 12.1 Å². The molecule has 0 fully saturated rings. The maximum Gasteiger partial charge on any atom is 0.230 e. The number of aryl methyl sites for hydroxylation is 1. The smallest absolute Gasteiger partial charge is 0.230 e. The monoisotopic (exact) mass is 381 g/mol. The number of hydrogen-bond donors (Lipinski definition) is 2. The van der Waals surface area contributed by atoms with Crippen molar-refractivity contribution in [2.75, 3.05) is 5.32 Å². The number of benzene rings is 2. The van der Waals surface area contributed by atoms with Crippen LogP contribution in [0.25, 0.3) is 22.2 Å². The van der Waals surface area contributed by atoms with E-state index in [1.54, 1.807) is 0 Å². The fraction of sp³-hybridized carbons (Fsp3) is 0.100. The molecule has 4 nitrogen and oxygen atoms in total. The largest absolute Gasteiger partial charge is 0.361 e. The lowest BCUT2D eigenvalue weighted by atomic mass is 10.1. The van der Waals surface area contributed by atoms with Crippen molar-refractivity contribution < 1.29 is 4.79 Å². The van der Waals surface area contributed by atoms with Crippen molar-refractivity contribution in [3.8, 4) is 11.3 Å². The number of anilines is 1. The summed E-state index contributed by atoms with van der Waals surface area (Å²) in [7, 11) is 0. The third kappa shape index (κ3) is 3.36. The van der Waals surface area contributed by atoms with E-state index in [1.807, 2.05) is 61.7 Å². The molecular weight excluding hydrogens is 366 g/mol. The molecule has 2 N–H and O–H groups in total. The van der Waals surface area contributed by atoms with Gasteiger partial charge in [-0.15, -0.1) is 11.3 Å². The second-order valence-electron chi connectivity index (χ2n) is 6.02. The van der Waals surface area contributed by atoms with E-state index < -0.39 is 0 Å². The maximum absolute atomic E-state index is 12.4. The predicted molar refractivity (Wildman–Crippen MR) is 108 cm³/mol. The number of hydrogen-bond acceptors (Lipinski definition) is 3. The molecule has 4 rings (SSSR count). The SMILES string of the molecule is Cc1sc(NC(=O)Cc2c[nH]c3ccccc23)nc1-c1ccc(Cl)cc1. The van der Waals surface area contributed by atoms with Crippen molar-refractivity contribution in [1.82, 2.24) is 9.97 Å². The molecule has 4 aromatic rings. The van der Waals surface area contributed by atoms with E-state index >= 15 is 0 Å². The van der Waals surface area contributed by atoms with Gasteiger partial charge in [-0.25, -0.2) is 4.98 Å². The van der Waals surface area contributed by atoms with Gasteiger partial charge in [0.2, 0.25) is 5.91 Å². The molecule has 0 spiro atoms. The van der Waals surface area contributed by atoms with Crippen LogP contribution in [0.1, 0.15) is 10.4 Å². The summed E-state index contributed by atoms with van der Waals surface area (Å²) in [4.78, 5) is 21.3. The van der Waals surface area contributed by atoms with Crippen LogP contribution < -0.4 is 5.32 Å². The van der Waals surface area contributed by atoms with E-state index in [9.17, 15) is 4.79 Å². The van der Waals surface area contributed by atoms with E-state index in [2.05, 4.69) is 15.3 Å². The lowest BCUT2D eigenvalue weighted by Crippen LogP contribution is -2.13. The van der Waals surface area contributed by atoms with Crippen molar-refractivity contribution >= 4 is 44.9 Å². The molecule has 0 unspecified atom stereocenters. The third-order valence-corrected chi connectivity index (χ3v) is 5.32. The minimum absolute atomic E-state index is 0.0776. The van der Waals surface area contributed by atoms with E-state index in [0.29, 0.717) is 16.6 Å². The molecular formula is C20H16ClN3OS. The van der Waals surface area contributed by atoms with Crippen LogP contribution in [0.2, 0.25) is 5.02 Å². The van der Waals surface area contributed by atoms with Gasteiger partial charge < -0.3 is 10.3 Å². The first-order valence-corrected chi connectivity index (χ1v) is 9.38. The quantitative estimate of drug-likeness (QED) is 0.495. The van der Waals surface area contributed by atoms with Gasteiger partial charge in [0, 0.05) is 32.6 Å². The molecule has 0 saturated carbocycles. The highest BCUT2D eigenvalue weighted by molar-refractivity contribution is 7.16. The summed E-state index contributed by atoms with van der Waals surface area (Å²) >= 11 is 7.42. The molecule has 0 aliphatic rings. The number of H-pyrrole nitrogens is 1. The molecule has 0 saturated heterocycles. The van der Waals surface area contributed by atoms with Gasteiger partial charge in [-0.1, -0.05) is 41.9 Å². The molecule has 1 amide bonds. The number of carbonyl (C=O) groups excluding carboxylic acids is 1. The van der Waals surface area contributed by atoms with Crippen LogP contribution in [0.5, 0.6) is 0 Å². The Kier molecular flexibility index (Phi) is 4.49. The minimum Gasteiger partial charge on any atom is -0.361 e. The topological polar surface area (TPSA) is 57.8 Å². The van der Waals surface area contributed by atoms with Crippen LogP contribution in [0.3, 0.4) is 0 Å². The zero-order valence-corrected chi connectivity index (χ0v) is 15.6.